The Balaban J connectivity index is 2.27. The molecule has 20 heavy (non-hydrogen) atoms. The summed E-state index contributed by atoms with van der Waals surface area (Å²) in [4.78, 5) is 12.4. The number of benzene rings is 1. The predicted octanol–water partition coefficient (Wildman–Crippen LogP) is 2.33. The van der Waals surface area contributed by atoms with E-state index in [1.807, 2.05) is 11.8 Å². The van der Waals surface area contributed by atoms with Crippen molar-refractivity contribution in [2.24, 2.45) is 5.92 Å². The van der Waals surface area contributed by atoms with E-state index in [1.165, 1.54) is 18.2 Å². The Labute approximate surface area is 117 Å². The molecule has 0 aliphatic carbocycles. The second-order valence-electron chi connectivity index (χ2n) is 5.33. The summed E-state index contributed by atoms with van der Waals surface area (Å²) in [6.07, 6.45) is 1.97. The smallest absolute Gasteiger partial charge is 0.276 e. The molecule has 1 heterocycles. The van der Waals surface area contributed by atoms with Crippen molar-refractivity contribution < 1.29 is 14.4 Å². The highest BCUT2D eigenvalue weighted by atomic mass is 19.1. The van der Waals surface area contributed by atoms with Gasteiger partial charge in [0.2, 0.25) is 0 Å². The van der Waals surface area contributed by atoms with Crippen molar-refractivity contribution in [1.29, 1.82) is 0 Å². The number of piperidine rings is 1. The maximum atomic E-state index is 13.9. The highest BCUT2D eigenvalue weighted by molar-refractivity contribution is 5.40. The van der Waals surface area contributed by atoms with Crippen LogP contribution in [0.4, 0.5) is 10.1 Å². The molecule has 0 amide bonds. The Kier molecular flexibility index (Phi) is 4.67. The number of aliphatic hydroxyl groups is 1. The number of hydrogen-bond acceptors (Lipinski definition) is 4. The van der Waals surface area contributed by atoms with Crippen LogP contribution in [0, 0.1) is 21.8 Å². The van der Waals surface area contributed by atoms with E-state index in [4.69, 9.17) is 0 Å². The second-order valence-corrected chi connectivity index (χ2v) is 5.33. The first kappa shape index (κ1) is 14.9. The molecular formula is C14H19FN2O3. The first-order chi connectivity index (χ1) is 9.54. The molecule has 0 radical (unpaired) electrons. The van der Waals surface area contributed by atoms with Crippen molar-refractivity contribution in [3.05, 3.63) is 39.7 Å². The maximum Gasteiger partial charge on any atom is 0.276 e. The van der Waals surface area contributed by atoms with E-state index in [-0.39, 0.29) is 30.4 Å². The lowest BCUT2D eigenvalue weighted by Gasteiger charge is -2.38. The molecule has 6 heteroatoms. The van der Waals surface area contributed by atoms with Crippen LogP contribution in [-0.4, -0.2) is 34.1 Å². The maximum absolute atomic E-state index is 13.9. The Morgan fingerprint density at radius 2 is 2.30 bits per heavy atom. The molecule has 1 aromatic rings. The van der Waals surface area contributed by atoms with Crippen LogP contribution in [0.1, 0.15) is 25.3 Å². The minimum absolute atomic E-state index is 0.0105. The third-order valence-electron chi connectivity index (χ3n) is 4.07. The van der Waals surface area contributed by atoms with E-state index in [9.17, 15) is 19.6 Å². The topological polar surface area (TPSA) is 66.6 Å². The molecule has 0 bridgehead atoms. The normalized spacial score (nSPS) is 23.8. The first-order valence-electron chi connectivity index (χ1n) is 6.81. The zero-order chi connectivity index (χ0) is 14.7. The van der Waals surface area contributed by atoms with Crippen LogP contribution in [0.5, 0.6) is 0 Å². The molecule has 2 unspecified atom stereocenters. The summed E-state index contributed by atoms with van der Waals surface area (Å²) in [5.41, 5.74) is -0.0926. The Bertz CT molecular complexity index is 495. The number of nitrogens with zero attached hydrogens (tertiary/aromatic N) is 2. The van der Waals surface area contributed by atoms with Gasteiger partial charge in [-0.15, -0.1) is 0 Å². The van der Waals surface area contributed by atoms with E-state index in [2.05, 4.69) is 0 Å². The summed E-state index contributed by atoms with van der Waals surface area (Å²) in [6.45, 7) is 2.92. The largest absolute Gasteiger partial charge is 0.395 e. The Hall–Kier alpha value is -1.53. The summed E-state index contributed by atoms with van der Waals surface area (Å²) in [5.74, 6) is -0.256. The average molecular weight is 282 g/mol. The zero-order valence-electron chi connectivity index (χ0n) is 11.5. The molecule has 0 spiro atoms. The predicted molar refractivity (Wildman–Crippen MR) is 72.7 cm³/mol. The lowest BCUT2D eigenvalue weighted by atomic mass is 9.91. The van der Waals surface area contributed by atoms with Gasteiger partial charge in [0.1, 0.15) is 5.82 Å². The van der Waals surface area contributed by atoms with Gasteiger partial charge in [0.15, 0.2) is 0 Å². The zero-order valence-corrected chi connectivity index (χ0v) is 11.5. The van der Waals surface area contributed by atoms with Gasteiger partial charge in [0.05, 0.1) is 17.1 Å². The van der Waals surface area contributed by atoms with Gasteiger partial charge >= 0.3 is 0 Å². The van der Waals surface area contributed by atoms with Crippen LogP contribution in [-0.2, 0) is 6.54 Å². The highest BCUT2D eigenvalue weighted by Gasteiger charge is 2.30. The SMILES string of the molecule is CC1CCCN(Cc2c(F)cccc2[N+](=O)[O-])C1CO. The van der Waals surface area contributed by atoms with Crippen molar-refractivity contribution in [2.75, 3.05) is 13.2 Å². The average Bonchev–Trinajstić information content (AvgIpc) is 2.41. The van der Waals surface area contributed by atoms with Gasteiger partial charge in [0, 0.05) is 18.7 Å². The van der Waals surface area contributed by atoms with Crippen LogP contribution in [0.25, 0.3) is 0 Å². The van der Waals surface area contributed by atoms with Crippen LogP contribution in [0.15, 0.2) is 18.2 Å². The van der Waals surface area contributed by atoms with Crippen molar-refractivity contribution in [3.8, 4) is 0 Å². The molecule has 1 N–H and O–H groups in total. The van der Waals surface area contributed by atoms with Crippen LogP contribution in [0.2, 0.25) is 0 Å². The fourth-order valence-electron chi connectivity index (χ4n) is 2.90. The molecule has 1 saturated heterocycles. The lowest BCUT2D eigenvalue weighted by molar-refractivity contribution is -0.386. The van der Waals surface area contributed by atoms with Gasteiger partial charge in [-0.3, -0.25) is 15.0 Å². The van der Waals surface area contributed by atoms with Gasteiger partial charge in [0.25, 0.3) is 5.69 Å². The summed E-state index contributed by atoms with van der Waals surface area (Å²) in [7, 11) is 0. The van der Waals surface area contributed by atoms with Crippen molar-refractivity contribution in [1.82, 2.24) is 4.90 Å². The van der Waals surface area contributed by atoms with Gasteiger partial charge in [-0.25, -0.2) is 4.39 Å². The third kappa shape index (κ3) is 2.96. The minimum Gasteiger partial charge on any atom is -0.395 e. The molecule has 1 fully saturated rings. The number of rotatable bonds is 4. The quantitative estimate of drug-likeness (QED) is 0.680. The van der Waals surface area contributed by atoms with Gasteiger partial charge < -0.3 is 5.11 Å². The van der Waals surface area contributed by atoms with Crippen LogP contribution < -0.4 is 0 Å². The number of nitro benzene ring substituents is 1. The van der Waals surface area contributed by atoms with E-state index in [0.29, 0.717) is 5.92 Å². The fraction of sp³-hybridized carbons (Fsp3) is 0.571. The monoisotopic (exact) mass is 282 g/mol. The minimum atomic E-state index is -0.561. The Morgan fingerprint density at radius 1 is 1.55 bits per heavy atom. The molecule has 110 valence electrons. The van der Waals surface area contributed by atoms with Gasteiger partial charge in [-0.1, -0.05) is 13.0 Å². The molecule has 5 nitrogen and oxygen atoms in total. The van der Waals surface area contributed by atoms with Gasteiger partial charge in [-0.05, 0) is 31.4 Å². The molecular weight excluding hydrogens is 263 g/mol. The van der Waals surface area contributed by atoms with E-state index in [0.717, 1.165) is 19.4 Å². The second kappa shape index (κ2) is 6.28. The molecule has 1 aromatic carbocycles. The lowest BCUT2D eigenvalue weighted by Crippen LogP contribution is -2.46. The van der Waals surface area contributed by atoms with Gasteiger partial charge in [-0.2, -0.15) is 0 Å². The number of hydrogen-bond donors (Lipinski definition) is 1. The van der Waals surface area contributed by atoms with Crippen molar-refractivity contribution >= 4 is 5.69 Å². The van der Waals surface area contributed by atoms with Crippen molar-refractivity contribution in [3.63, 3.8) is 0 Å². The molecule has 0 saturated carbocycles. The summed E-state index contributed by atoms with van der Waals surface area (Å²) in [5, 5.41) is 20.5. The number of nitro groups is 1. The van der Waals surface area contributed by atoms with Crippen LogP contribution >= 0.6 is 0 Å². The summed E-state index contributed by atoms with van der Waals surface area (Å²) in [6, 6.07) is 3.84. The summed E-state index contributed by atoms with van der Waals surface area (Å²) < 4.78 is 13.9. The number of halogens is 1. The van der Waals surface area contributed by atoms with E-state index in [1.54, 1.807) is 0 Å². The highest BCUT2D eigenvalue weighted by Crippen LogP contribution is 2.28. The molecule has 1 aliphatic rings. The molecule has 0 aromatic heterocycles. The first-order valence-corrected chi connectivity index (χ1v) is 6.81. The number of aliphatic hydroxyl groups excluding tert-OH is 1. The van der Waals surface area contributed by atoms with E-state index >= 15 is 0 Å². The standard InChI is InChI=1S/C14H19FN2O3/c1-10-4-3-7-16(14(10)9-18)8-11-12(15)5-2-6-13(11)17(19)20/h2,5-6,10,14,18H,3-4,7-9H2,1H3. The molecule has 1 aliphatic heterocycles. The van der Waals surface area contributed by atoms with Crippen LogP contribution in [0.3, 0.4) is 0 Å². The van der Waals surface area contributed by atoms with Crippen molar-refractivity contribution in [2.45, 2.75) is 32.4 Å². The number of likely N-dealkylation sites (tertiary alicyclic amines) is 1. The third-order valence-corrected chi connectivity index (χ3v) is 4.07. The molecule has 2 atom stereocenters. The summed E-state index contributed by atoms with van der Waals surface area (Å²) >= 11 is 0. The fourth-order valence-corrected chi connectivity index (χ4v) is 2.90. The molecule has 2 rings (SSSR count). The Morgan fingerprint density at radius 3 is 2.95 bits per heavy atom. The van der Waals surface area contributed by atoms with E-state index < -0.39 is 10.7 Å².